The molecule has 0 heterocycles. The minimum Gasteiger partial charge on any atom is -0.491 e. The zero-order valence-corrected chi connectivity index (χ0v) is 10.8. The van der Waals surface area contributed by atoms with E-state index in [1.54, 1.807) is 0 Å². The van der Waals surface area contributed by atoms with Gasteiger partial charge in [0, 0.05) is 6.54 Å². The Bertz CT molecular complexity index is 298. The Hall–Kier alpha value is -1.06. The van der Waals surface area contributed by atoms with E-state index in [1.165, 1.54) is 12.0 Å². The lowest BCUT2D eigenvalue weighted by Crippen LogP contribution is -2.31. The molecule has 0 aliphatic heterocycles. The fourth-order valence-corrected chi connectivity index (χ4v) is 1.46. The first kappa shape index (κ1) is 14.0. The van der Waals surface area contributed by atoms with Crippen LogP contribution in [0.5, 0.6) is 5.75 Å². The fourth-order valence-electron chi connectivity index (χ4n) is 1.46. The van der Waals surface area contributed by atoms with Crippen molar-refractivity contribution in [2.45, 2.75) is 32.8 Å². The van der Waals surface area contributed by atoms with Crippen molar-refractivity contribution in [3.8, 4) is 5.75 Å². The molecule has 0 saturated heterocycles. The highest BCUT2D eigenvalue weighted by atomic mass is 16.5. The molecule has 3 nitrogen and oxygen atoms in total. The van der Waals surface area contributed by atoms with Crippen LogP contribution in [0, 0.1) is 6.92 Å². The van der Waals surface area contributed by atoms with E-state index in [0.29, 0.717) is 13.2 Å². The maximum absolute atomic E-state index is 9.68. The maximum Gasteiger partial charge on any atom is 0.119 e. The molecule has 1 unspecified atom stereocenters. The summed E-state index contributed by atoms with van der Waals surface area (Å²) in [6.45, 7) is 6.07. The number of aliphatic hydroxyl groups excluding tert-OH is 1. The van der Waals surface area contributed by atoms with E-state index in [-0.39, 0.29) is 0 Å². The van der Waals surface area contributed by atoms with Gasteiger partial charge in [0.1, 0.15) is 18.5 Å². The smallest absolute Gasteiger partial charge is 0.119 e. The van der Waals surface area contributed by atoms with Crippen molar-refractivity contribution in [3.63, 3.8) is 0 Å². The van der Waals surface area contributed by atoms with Gasteiger partial charge in [0.25, 0.3) is 0 Å². The summed E-state index contributed by atoms with van der Waals surface area (Å²) in [5.41, 5.74) is 1.21. The van der Waals surface area contributed by atoms with Gasteiger partial charge in [0.05, 0.1) is 0 Å². The summed E-state index contributed by atoms with van der Waals surface area (Å²) < 4.78 is 5.49. The van der Waals surface area contributed by atoms with E-state index in [4.69, 9.17) is 4.74 Å². The predicted octanol–water partition coefficient (Wildman–Crippen LogP) is 2.12. The summed E-state index contributed by atoms with van der Waals surface area (Å²) >= 11 is 0. The van der Waals surface area contributed by atoms with Gasteiger partial charge < -0.3 is 15.2 Å². The van der Waals surface area contributed by atoms with Crippen molar-refractivity contribution in [1.82, 2.24) is 5.32 Å². The number of aliphatic hydroxyl groups is 1. The van der Waals surface area contributed by atoms with Gasteiger partial charge in [0.2, 0.25) is 0 Å². The van der Waals surface area contributed by atoms with Crippen LogP contribution in [0.3, 0.4) is 0 Å². The highest BCUT2D eigenvalue weighted by molar-refractivity contribution is 5.26. The van der Waals surface area contributed by atoms with Gasteiger partial charge in [-0.2, -0.15) is 0 Å². The third-order valence-corrected chi connectivity index (χ3v) is 2.55. The Labute approximate surface area is 104 Å². The average molecular weight is 237 g/mol. The second-order valence-corrected chi connectivity index (χ2v) is 4.34. The Kier molecular flexibility index (Phi) is 6.67. The molecule has 3 heteroatoms. The van der Waals surface area contributed by atoms with E-state index < -0.39 is 6.10 Å². The SMILES string of the molecule is CCCCNCC(O)COc1ccc(C)cc1. The molecule has 1 aromatic carbocycles. The zero-order valence-electron chi connectivity index (χ0n) is 10.8. The van der Waals surface area contributed by atoms with Crippen molar-refractivity contribution >= 4 is 0 Å². The molecule has 0 saturated carbocycles. The Morgan fingerprint density at radius 1 is 1.29 bits per heavy atom. The van der Waals surface area contributed by atoms with Gasteiger partial charge in [0.15, 0.2) is 0 Å². The summed E-state index contributed by atoms with van der Waals surface area (Å²) in [6, 6.07) is 7.85. The second-order valence-electron chi connectivity index (χ2n) is 4.34. The molecule has 0 aliphatic rings. The van der Waals surface area contributed by atoms with Gasteiger partial charge >= 0.3 is 0 Å². The van der Waals surface area contributed by atoms with Crippen molar-refractivity contribution < 1.29 is 9.84 Å². The van der Waals surface area contributed by atoms with Crippen molar-refractivity contribution in [3.05, 3.63) is 29.8 Å². The molecule has 0 aliphatic carbocycles. The molecule has 2 N–H and O–H groups in total. The quantitative estimate of drug-likeness (QED) is 0.681. The number of hydrogen-bond donors (Lipinski definition) is 2. The normalized spacial score (nSPS) is 12.4. The summed E-state index contributed by atoms with van der Waals surface area (Å²) in [5, 5.41) is 12.9. The van der Waals surface area contributed by atoms with Gasteiger partial charge in [-0.15, -0.1) is 0 Å². The van der Waals surface area contributed by atoms with Crippen LogP contribution in [0.2, 0.25) is 0 Å². The standard InChI is InChI=1S/C14H23NO2/c1-3-4-9-15-10-13(16)11-17-14-7-5-12(2)6-8-14/h5-8,13,15-16H,3-4,9-11H2,1-2H3. The van der Waals surface area contributed by atoms with Gasteiger partial charge in [-0.05, 0) is 32.0 Å². The molecule has 0 amide bonds. The van der Waals surface area contributed by atoms with Crippen molar-refractivity contribution in [1.29, 1.82) is 0 Å². The number of benzene rings is 1. The monoisotopic (exact) mass is 237 g/mol. The number of ether oxygens (including phenoxy) is 1. The molecule has 0 spiro atoms. The molecule has 0 fully saturated rings. The van der Waals surface area contributed by atoms with E-state index in [1.807, 2.05) is 31.2 Å². The van der Waals surface area contributed by atoms with Crippen LogP contribution in [0.1, 0.15) is 25.3 Å². The number of aryl methyl sites for hydroxylation is 1. The second kappa shape index (κ2) is 8.09. The highest BCUT2D eigenvalue weighted by Crippen LogP contribution is 2.11. The summed E-state index contributed by atoms with van der Waals surface area (Å²) in [4.78, 5) is 0. The van der Waals surface area contributed by atoms with Crippen LogP contribution < -0.4 is 10.1 Å². The minimum absolute atomic E-state index is 0.336. The van der Waals surface area contributed by atoms with Gasteiger partial charge in [-0.3, -0.25) is 0 Å². The van der Waals surface area contributed by atoms with Crippen LogP contribution in [-0.4, -0.2) is 30.9 Å². The number of unbranched alkanes of at least 4 members (excludes halogenated alkanes) is 1. The van der Waals surface area contributed by atoms with Crippen LogP contribution in [0.4, 0.5) is 0 Å². The average Bonchev–Trinajstić information content (AvgIpc) is 2.34. The van der Waals surface area contributed by atoms with E-state index in [0.717, 1.165) is 18.7 Å². The largest absolute Gasteiger partial charge is 0.491 e. The lowest BCUT2D eigenvalue weighted by molar-refractivity contribution is 0.106. The first-order valence-electron chi connectivity index (χ1n) is 6.30. The molecule has 1 atom stereocenters. The first-order valence-corrected chi connectivity index (χ1v) is 6.30. The van der Waals surface area contributed by atoms with Gasteiger partial charge in [-0.25, -0.2) is 0 Å². The Balaban J connectivity index is 2.14. The lowest BCUT2D eigenvalue weighted by atomic mass is 10.2. The topological polar surface area (TPSA) is 41.5 Å². The first-order chi connectivity index (χ1) is 8.22. The zero-order chi connectivity index (χ0) is 12.5. The molecule has 96 valence electrons. The fraction of sp³-hybridized carbons (Fsp3) is 0.571. The summed E-state index contributed by atoms with van der Waals surface area (Å²) in [6.07, 6.45) is 1.86. The molecule has 17 heavy (non-hydrogen) atoms. The van der Waals surface area contributed by atoms with E-state index >= 15 is 0 Å². The predicted molar refractivity (Wildman–Crippen MR) is 70.5 cm³/mol. The number of nitrogens with one attached hydrogen (secondary N) is 1. The third-order valence-electron chi connectivity index (χ3n) is 2.55. The van der Waals surface area contributed by atoms with Crippen molar-refractivity contribution in [2.24, 2.45) is 0 Å². The van der Waals surface area contributed by atoms with Crippen LogP contribution in [0.25, 0.3) is 0 Å². The van der Waals surface area contributed by atoms with Crippen LogP contribution in [0.15, 0.2) is 24.3 Å². The Morgan fingerprint density at radius 2 is 2.00 bits per heavy atom. The molecule has 0 bridgehead atoms. The maximum atomic E-state index is 9.68. The minimum atomic E-state index is -0.451. The highest BCUT2D eigenvalue weighted by Gasteiger charge is 2.04. The van der Waals surface area contributed by atoms with Crippen LogP contribution >= 0.6 is 0 Å². The van der Waals surface area contributed by atoms with E-state index in [2.05, 4.69) is 12.2 Å². The molecule has 0 radical (unpaired) electrons. The summed E-state index contributed by atoms with van der Waals surface area (Å²) in [7, 11) is 0. The third kappa shape index (κ3) is 6.29. The van der Waals surface area contributed by atoms with Crippen LogP contribution in [-0.2, 0) is 0 Å². The molecule has 1 aromatic rings. The van der Waals surface area contributed by atoms with Crippen molar-refractivity contribution in [2.75, 3.05) is 19.7 Å². The molecule has 0 aromatic heterocycles. The van der Waals surface area contributed by atoms with E-state index in [9.17, 15) is 5.11 Å². The number of rotatable bonds is 8. The molecular weight excluding hydrogens is 214 g/mol. The number of hydrogen-bond acceptors (Lipinski definition) is 3. The van der Waals surface area contributed by atoms with Gasteiger partial charge in [-0.1, -0.05) is 31.0 Å². The summed E-state index contributed by atoms with van der Waals surface area (Å²) in [5.74, 6) is 0.809. The molecule has 1 rings (SSSR count). The Morgan fingerprint density at radius 3 is 2.65 bits per heavy atom. The lowest BCUT2D eigenvalue weighted by Gasteiger charge is -2.13. The molecular formula is C14H23NO2.